The molecule has 0 aliphatic rings. The van der Waals surface area contributed by atoms with E-state index in [9.17, 15) is 9.59 Å². The van der Waals surface area contributed by atoms with Gasteiger partial charge in [0.15, 0.2) is 12.0 Å². The highest BCUT2D eigenvalue weighted by Gasteiger charge is 2.25. The van der Waals surface area contributed by atoms with Gasteiger partial charge in [0, 0.05) is 18.9 Å². The molecule has 0 fully saturated rings. The zero-order valence-corrected chi connectivity index (χ0v) is 31.2. The zero-order chi connectivity index (χ0) is 32.6. The van der Waals surface area contributed by atoms with Crippen molar-refractivity contribution >= 4 is 11.6 Å². The number of allylic oxidation sites excluding steroid dienone is 4. The Kier molecular flexibility index (Phi) is 31.9. The Morgan fingerprint density at radius 2 is 0.870 bits per heavy atom. The molecule has 3 nitrogen and oxygen atoms in total. The first-order valence-corrected chi connectivity index (χ1v) is 19.5. The fourth-order valence-corrected chi connectivity index (χ4v) is 6.15. The van der Waals surface area contributed by atoms with E-state index in [2.05, 4.69) is 38.2 Å². The number of aromatic nitrogens is 1. The minimum atomic E-state index is 0. The van der Waals surface area contributed by atoms with Crippen LogP contribution in [0.15, 0.2) is 42.6 Å². The molecule has 1 rings (SSSR count). The zero-order valence-electron chi connectivity index (χ0n) is 30.5. The van der Waals surface area contributed by atoms with Crippen LogP contribution in [0, 0.1) is 0 Å². The highest BCUT2D eigenvalue weighted by Crippen LogP contribution is 2.16. The van der Waals surface area contributed by atoms with Crippen molar-refractivity contribution in [3.05, 3.63) is 53.9 Å². The Morgan fingerprint density at radius 3 is 1.28 bits per heavy atom. The summed E-state index contributed by atoms with van der Waals surface area (Å²) in [6.07, 6.45) is 44.9. The summed E-state index contributed by atoms with van der Waals surface area (Å²) in [4.78, 5) is 26.2. The van der Waals surface area contributed by atoms with Crippen LogP contribution in [-0.4, -0.2) is 11.6 Å². The van der Waals surface area contributed by atoms with Gasteiger partial charge in [-0.15, -0.1) is 0 Å². The number of pyridine rings is 1. The van der Waals surface area contributed by atoms with Crippen molar-refractivity contribution in [2.75, 3.05) is 0 Å². The SMILES string of the molecule is CCCCCCCCC=CCCCCCCCC(=O)c1ccc[n+](C)c1C(=O)CCCCCCCC=CCCCCCCCC.[Cl-]. The molecule has 0 spiro atoms. The standard InChI is InChI=1S/C42H72NO2.ClH/c1-4-6-8-10-12-14-16-18-20-22-24-26-28-30-32-36-40(44)39-35-34-38-43(3)42(39)41(45)37-33-31-29-27-25-23-21-19-17-15-13-11-9-7-5-2;/h18-21,34-35,38H,4-17,22-33,36-37H2,1-3H3;1H/q+1;/p-1. The molecule has 0 saturated heterocycles. The van der Waals surface area contributed by atoms with E-state index in [0.29, 0.717) is 24.1 Å². The molecule has 0 bridgehead atoms. The van der Waals surface area contributed by atoms with Crippen molar-refractivity contribution < 1.29 is 26.6 Å². The molecule has 0 N–H and O–H groups in total. The second kappa shape index (κ2) is 33.2. The third-order valence-corrected chi connectivity index (χ3v) is 9.08. The topological polar surface area (TPSA) is 38.0 Å². The van der Waals surface area contributed by atoms with Crippen molar-refractivity contribution in [2.24, 2.45) is 7.05 Å². The third kappa shape index (κ3) is 24.4. The molecule has 0 saturated carbocycles. The number of Topliss-reactive ketones (excluding diaryl/α,β-unsaturated/α-hetero) is 2. The molecule has 0 atom stereocenters. The highest BCUT2D eigenvalue weighted by atomic mass is 35.5. The minimum absolute atomic E-state index is 0. The number of carbonyl (C=O) groups is 2. The van der Waals surface area contributed by atoms with E-state index in [4.69, 9.17) is 0 Å². The second-order valence-corrected chi connectivity index (χ2v) is 13.4. The number of carbonyl (C=O) groups excluding carboxylic acids is 2. The number of unbranched alkanes of at least 4 members (excludes halogenated alkanes) is 22. The smallest absolute Gasteiger partial charge is 0.259 e. The molecule has 1 aromatic rings. The molecule has 1 heterocycles. The molecule has 264 valence electrons. The molecule has 0 aromatic carbocycles. The van der Waals surface area contributed by atoms with Gasteiger partial charge in [0.05, 0.1) is 5.56 Å². The van der Waals surface area contributed by atoms with Crippen molar-refractivity contribution in [3.63, 3.8) is 0 Å². The quantitative estimate of drug-likeness (QED) is 0.0335. The lowest BCUT2D eigenvalue weighted by atomic mass is 9.98. The van der Waals surface area contributed by atoms with E-state index in [1.54, 1.807) is 0 Å². The Hall–Kier alpha value is -1.74. The van der Waals surface area contributed by atoms with Gasteiger partial charge in [0.25, 0.3) is 5.69 Å². The molecule has 1 aromatic heterocycles. The molecule has 46 heavy (non-hydrogen) atoms. The van der Waals surface area contributed by atoms with Crippen LogP contribution in [0.4, 0.5) is 0 Å². The largest absolute Gasteiger partial charge is 1.00 e. The summed E-state index contributed by atoms with van der Waals surface area (Å²) in [7, 11) is 1.89. The van der Waals surface area contributed by atoms with Gasteiger partial charge in [-0.25, -0.2) is 0 Å². The fraction of sp³-hybridized carbons (Fsp3) is 0.738. The van der Waals surface area contributed by atoms with Crippen LogP contribution in [0.1, 0.15) is 214 Å². The van der Waals surface area contributed by atoms with E-state index >= 15 is 0 Å². The molecule has 0 radical (unpaired) electrons. The van der Waals surface area contributed by atoms with Crippen LogP contribution in [0.2, 0.25) is 0 Å². The number of hydrogen-bond donors (Lipinski definition) is 0. The van der Waals surface area contributed by atoms with Crippen LogP contribution in [0.5, 0.6) is 0 Å². The Labute approximate surface area is 291 Å². The Morgan fingerprint density at radius 1 is 0.522 bits per heavy atom. The van der Waals surface area contributed by atoms with Gasteiger partial charge in [0.2, 0.25) is 5.78 Å². The number of nitrogens with zero attached hydrogens (tertiary/aromatic N) is 1. The van der Waals surface area contributed by atoms with Crippen LogP contribution < -0.4 is 17.0 Å². The Bertz CT molecular complexity index is 922. The monoisotopic (exact) mass is 658 g/mol. The van der Waals surface area contributed by atoms with E-state index in [-0.39, 0.29) is 24.0 Å². The lowest BCUT2D eigenvalue weighted by molar-refractivity contribution is -0.673. The summed E-state index contributed by atoms with van der Waals surface area (Å²) >= 11 is 0. The van der Waals surface area contributed by atoms with Crippen LogP contribution in [0.3, 0.4) is 0 Å². The molecular weight excluding hydrogens is 586 g/mol. The van der Waals surface area contributed by atoms with E-state index in [0.717, 1.165) is 25.7 Å². The molecule has 0 aliphatic heterocycles. The summed E-state index contributed by atoms with van der Waals surface area (Å²) in [6.45, 7) is 4.54. The van der Waals surface area contributed by atoms with Crippen molar-refractivity contribution in [1.82, 2.24) is 0 Å². The van der Waals surface area contributed by atoms with Gasteiger partial charge >= 0.3 is 0 Å². The number of rotatable bonds is 32. The fourth-order valence-electron chi connectivity index (χ4n) is 6.15. The van der Waals surface area contributed by atoms with Crippen LogP contribution in [0.25, 0.3) is 0 Å². The second-order valence-electron chi connectivity index (χ2n) is 13.4. The van der Waals surface area contributed by atoms with Crippen molar-refractivity contribution in [1.29, 1.82) is 0 Å². The summed E-state index contributed by atoms with van der Waals surface area (Å²) in [5.41, 5.74) is 1.22. The summed E-state index contributed by atoms with van der Waals surface area (Å²) in [5.74, 6) is 0.236. The first-order valence-electron chi connectivity index (χ1n) is 19.5. The lowest BCUT2D eigenvalue weighted by Gasteiger charge is -2.07. The first kappa shape index (κ1) is 44.3. The first-order chi connectivity index (χ1) is 22.1. The van der Waals surface area contributed by atoms with Gasteiger partial charge in [-0.2, -0.15) is 4.57 Å². The maximum absolute atomic E-state index is 13.1. The average molecular weight is 658 g/mol. The van der Waals surface area contributed by atoms with Gasteiger partial charge in [-0.1, -0.05) is 141 Å². The van der Waals surface area contributed by atoms with Gasteiger partial charge in [0.1, 0.15) is 7.05 Å². The summed E-state index contributed by atoms with van der Waals surface area (Å²) in [5, 5.41) is 0. The van der Waals surface area contributed by atoms with E-state index in [1.807, 2.05) is 29.9 Å². The lowest BCUT2D eigenvalue weighted by Crippen LogP contribution is -3.00. The normalized spacial score (nSPS) is 11.5. The molecule has 0 aliphatic carbocycles. The van der Waals surface area contributed by atoms with E-state index < -0.39 is 0 Å². The van der Waals surface area contributed by atoms with Crippen molar-refractivity contribution in [3.8, 4) is 0 Å². The van der Waals surface area contributed by atoms with Gasteiger partial charge in [-0.3, -0.25) is 9.59 Å². The average Bonchev–Trinajstić information content (AvgIpc) is 3.04. The molecule has 0 amide bonds. The van der Waals surface area contributed by atoms with E-state index in [1.165, 1.54) is 141 Å². The van der Waals surface area contributed by atoms with Gasteiger partial charge in [-0.05, 0) is 70.3 Å². The third-order valence-electron chi connectivity index (χ3n) is 9.08. The maximum Gasteiger partial charge on any atom is 0.259 e. The predicted molar refractivity (Wildman–Crippen MR) is 195 cm³/mol. The molecule has 0 unspecified atom stereocenters. The minimum Gasteiger partial charge on any atom is -1.00 e. The molecule has 4 heteroatoms. The highest BCUT2D eigenvalue weighted by molar-refractivity contribution is 6.06. The number of halogens is 1. The molecular formula is C42H72ClNO2. The summed E-state index contributed by atoms with van der Waals surface area (Å²) in [6, 6.07) is 3.75. The summed E-state index contributed by atoms with van der Waals surface area (Å²) < 4.78 is 1.85. The predicted octanol–water partition coefficient (Wildman–Crippen LogP) is 9.96. The Balaban J connectivity index is 0.0000202. The van der Waals surface area contributed by atoms with Crippen molar-refractivity contribution in [2.45, 2.75) is 194 Å². The van der Waals surface area contributed by atoms with Crippen LogP contribution >= 0.6 is 0 Å². The number of aryl methyl sites for hydroxylation is 1. The number of hydrogen-bond acceptors (Lipinski definition) is 2. The van der Waals surface area contributed by atoms with Gasteiger partial charge < -0.3 is 12.4 Å². The number of ketones is 2. The maximum atomic E-state index is 13.1. The van der Waals surface area contributed by atoms with Crippen LogP contribution in [-0.2, 0) is 7.05 Å².